The molecule has 0 saturated carbocycles. The second-order valence-electron chi connectivity index (χ2n) is 8.13. The fourth-order valence-electron chi connectivity index (χ4n) is 3.32. The molecule has 9 heteroatoms. The standard InChI is InChI=1S/C22H43NO8/c1-2-3-4-5-6-7-8-9-10-11-12-13-14-15-16-23-31-20(22(29)30)18(25)17(24)19(26)21(27)28/h17-20,23-26H,2-16H2,1H3,(H,27,28)(H,29,30)/t17-,18-,19-,20+/m0/s1. The number of hydrogen-bond acceptors (Lipinski definition) is 7. The van der Waals surface area contributed by atoms with Crippen LogP contribution in [0.3, 0.4) is 0 Å². The molecule has 0 aromatic carbocycles. The molecule has 0 radical (unpaired) electrons. The van der Waals surface area contributed by atoms with E-state index in [1.807, 2.05) is 0 Å². The molecule has 0 aliphatic carbocycles. The molecule has 6 N–H and O–H groups in total. The van der Waals surface area contributed by atoms with Gasteiger partial charge in [0.2, 0.25) is 6.10 Å². The zero-order valence-corrected chi connectivity index (χ0v) is 18.9. The maximum Gasteiger partial charge on any atom is 0.337 e. The Morgan fingerprint density at radius 1 is 0.677 bits per heavy atom. The van der Waals surface area contributed by atoms with Crippen molar-refractivity contribution in [1.82, 2.24) is 5.48 Å². The first-order valence-electron chi connectivity index (χ1n) is 11.7. The maximum atomic E-state index is 11.2. The smallest absolute Gasteiger partial charge is 0.337 e. The third-order valence-electron chi connectivity index (χ3n) is 5.32. The van der Waals surface area contributed by atoms with E-state index in [2.05, 4.69) is 12.4 Å². The number of aliphatic carboxylic acids is 2. The SMILES string of the molecule is CCCCCCCCCCCCCCCCNO[C@@H](C(=O)O)[C@@H](O)[C@H](O)[C@H](O)C(=O)O. The highest BCUT2D eigenvalue weighted by Crippen LogP contribution is 2.13. The van der Waals surface area contributed by atoms with Crippen LogP contribution in [0.25, 0.3) is 0 Å². The van der Waals surface area contributed by atoms with E-state index < -0.39 is 36.4 Å². The average Bonchev–Trinajstić information content (AvgIpc) is 2.74. The molecular weight excluding hydrogens is 406 g/mol. The Labute approximate surface area is 185 Å². The van der Waals surface area contributed by atoms with Crippen molar-refractivity contribution in [3.8, 4) is 0 Å². The van der Waals surface area contributed by atoms with Crippen LogP contribution in [0.15, 0.2) is 0 Å². The molecule has 31 heavy (non-hydrogen) atoms. The third-order valence-corrected chi connectivity index (χ3v) is 5.32. The average molecular weight is 450 g/mol. The van der Waals surface area contributed by atoms with Gasteiger partial charge in [-0.05, 0) is 6.42 Å². The highest BCUT2D eigenvalue weighted by molar-refractivity contribution is 5.75. The number of unbranched alkanes of at least 4 members (excludes halogenated alkanes) is 13. The lowest BCUT2D eigenvalue weighted by Crippen LogP contribution is -2.52. The molecule has 9 nitrogen and oxygen atoms in total. The van der Waals surface area contributed by atoms with Gasteiger partial charge in [0.25, 0.3) is 0 Å². The van der Waals surface area contributed by atoms with Crippen LogP contribution in [-0.2, 0) is 14.4 Å². The lowest BCUT2D eigenvalue weighted by atomic mass is 10.0. The molecule has 0 aliphatic heterocycles. The van der Waals surface area contributed by atoms with Crippen molar-refractivity contribution in [2.45, 2.75) is 121 Å². The van der Waals surface area contributed by atoms with Gasteiger partial charge in [-0.3, -0.25) is 4.84 Å². The summed E-state index contributed by atoms with van der Waals surface area (Å²) in [7, 11) is 0. The van der Waals surface area contributed by atoms with Gasteiger partial charge < -0.3 is 25.5 Å². The number of aliphatic hydroxyl groups is 3. The molecule has 0 aromatic rings. The Morgan fingerprint density at radius 2 is 1.10 bits per heavy atom. The highest BCUT2D eigenvalue weighted by Gasteiger charge is 2.39. The maximum absolute atomic E-state index is 11.2. The van der Waals surface area contributed by atoms with Crippen molar-refractivity contribution >= 4 is 11.9 Å². The Bertz CT molecular complexity index is 463. The van der Waals surface area contributed by atoms with Crippen LogP contribution < -0.4 is 5.48 Å². The predicted octanol–water partition coefficient (Wildman–Crippen LogP) is 2.61. The summed E-state index contributed by atoms with van der Waals surface area (Å²) in [6.45, 7) is 2.59. The van der Waals surface area contributed by atoms with Crippen molar-refractivity contribution in [1.29, 1.82) is 0 Å². The fourth-order valence-corrected chi connectivity index (χ4v) is 3.32. The number of carboxylic acid groups (broad SMARTS) is 2. The van der Waals surface area contributed by atoms with Gasteiger partial charge in [0.05, 0.1) is 0 Å². The van der Waals surface area contributed by atoms with E-state index >= 15 is 0 Å². The quantitative estimate of drug-likeness (QED) is 0.108. The molecule has 0 saturated heterocycles. The lowest BCUT2D eigenvalue weighted by Gasteiger charge is -2.25. The summed E-state index contributed by atoms with van der Waals surface area (Å²) in [6.07, 6.45) is 8.59. The number of nitrogens with one attached hydrogen (secondary N) is 1. The first-order valence-corrected chi connectivity index (χ1v) is 11.7. The molecule has 0 fully saturated rings. The molecule has 0 rings (SSSR count). The van der Waals surface area contributed by atoms with Crippen molar-refractivity contribution in [3.05, 3.63) is 0 Å². The summed E-state index contributed by atoms with van der Waals surface area (Å²) in [5, 5.41) is 46.3. The lowest BCUT2D eigenvalue weighted by molar-refractivity contribution is -0.186. The van der Waals surface area contributed by atoms with Gasteiger partial charge in [-0.15, -0.1) is 0 Å². The molecule has 0 unspecified atom stereocenters. The molecule has 0 spiro atoms. The van der Waals surface area contributed by atoms with Crippen LogP contribution in [0, 0.1) is 0 Å². The minimum absolute atomic E-state index is 0.353. The van der Waals surface area contributed by atoms with E-state index in [1.54, 1.807) is 0 Å². The zero-order valence-electron chi connectivity index (χ0n) is 18.9. The Morgan fingerprint density at radius 3 is 1.48 bits per heavy atom. The monoisotopic (exact) mass is 449 g/mol. The summed E-state index contributed by atoms with van der Waals surface area (Å²) in [4.78, 5) is 26.7. The van der Waals surface area contributed by atoms with Crippen LogP contribution in [0.1, 0.15) is 96.8 Å². The van der Waals surface area contributed by atoms with E-state index in [-0.39, 0.29) is 0 Å². The summed E-state index contributed by atoms with van der Waals surface area (Å²) < 4.78 is 0. The van der Waals surface area contributed by atoms with Crippen molar-refractivity contribution < 1.29 is 40.0 Å². The number of hydrogen-bond donors (Lipinski definition) is 6. The van der Waals surface area contributed by atoms with Crippen molar-refractivity contribution in [3.63, 3.8) is 0 Å². The predicted molar refractivity (Wildman–Crippen MR) is 116 cm³/mol. The molecule has 0 amide bonds. The van der Waals surface area contributed by atoms with Crippen LogP contribution in [0.2, 0.25) is 0 Å². The van der Waals surface area contributed by atoms with Gasteiger partial charge in [0.1, 0.15) is 12.2 Å². The van der Waals surface area contributed by atoms with Gasteiger partial charge in [-0.2, -0.15) is 0 Å². The normalized spacial score (nSPS) is 15.4. The molecule has 0 bridgehead atoms. The van der Waals surface area contributed by atoms with E-state index in [1.165, 1.54) is 64.2 Å². The van der Waals surface area contributed by atoms with Crippen molar-refractivity contribution in [2.75, 3.05) is 6.54 Å². The number of aliphatic hydroxyl groups excluding tert-OH is 3. The Hall–Kier alpha value is -1.26. The molecule has 184 valence electrons. The summed E-state index contributed by atoms with van der Waals surface area (Å²) in [6, 6.07) is 0. The summed E-state index contributed by atoms with van der Waals surface area (Å²) >= 11 is 0. The molecule has 0 aliphatic rings. The Balaban J connectivity index is 3.69. The number of hydroxylamine groups is 1. The van der Waals surface area contributed by atoms with Crippen LogP contribution in [-0.4, -0.2) is 68.4 Å². The number of carbonyl (C=O) groups is 2. The van der Waals surface area contributed by atoms with Gasteiger partial charge in [0, 0.05) is 6.54 Å². The molecule has 0 heterocycles. The van der Waals surface area contributed by atoms with Crippen LogP contribution >= 0.6 is 0 Å². The molecular formula is C22H43NO8. The first-order chi connectivity index (χ1) is 14.8. The number of carboxylic acids is 2. The minimum Gasteiger partial charge on any atom is -0.479 e. The first kappa shape index (κ1) is 29.7. The van der Waals surface area contributed by atoms with Gasteiger partial charge in [-0.1, -0.05) is 90.4 Å². The zero-order chi connectivity index (χ0) is 23.5. The number of rotatable bonds is 22. The fraction of sp³-hybridized carbons (Fsp3) is 0.909. The topological polar surface area (TPSA) is 157 Å². The third kappa shape index (κ3) is 15.2. The highest BCUT2D eigenvalue weighted by atomic mass is 16.7. The van der Waals surface area contributed by atoms with Crippen LogP contribution in [0.4, 0.5) is 0 Å². The van der Waals surface area contributed by atoms with Crippen molar-refractivity contribution in [2.24, 2.45) is 0 Å². The largest absolute Gasteiger partial charge is 0.479 e. The van der Waals surface area contributed by atoms with E-state index in [4.69, 9.17) is 15.1 Å². The Kier molecular flexibility index (Phi) is 18.6. The van der Waals surface area contributed by atoms with Gasteiger partial charge in [-0.25, -0.2) is 15.1 Å². The summed E-state index contributed by atoms with van der Waals surface area (Å²) in [5.41, 5.74) is 2.43. The van der Waals surface area contributed by atoms with E-state index in [9.17, 15) is 24.9 Å². The van der Waals surface area contributed by atoms with Crippen LogP contribution in [0.5, 0.6) is 0 Å². The minimum atomic E-state index is -2.31. The molecule has 4 atom stereocenters. The molecule has 0 aromatic heterocycles. The van der Waals surface area contributed by atoms with E-state index in [0.29, 0.717) is 6.54 Å². The van der Waals surface area contributed by atoms with E-state index in [0.717, 1.165) is 25.7 Å². The second-order valence-corrected chi connectivity index (χ2v) is 8.13. The van der Waals surface area contributed by atoms with Gasteiger partial charge >= 0.3 is 11.9 Å². The summed E-state index contributed by atoms with van der Waals surface area (Å²) in [5.74, 6) is -3.36. The second kappa shape index (κ2) is 19.4. The van der Waals surface area contributed by atoms with Gasteiger partial charge in [0.15, 0.2) is 6.10 Å².